The first-order valence-electron chi connectivity index (χ1n) is 10.5. The van der Waals surface area contributed by atoms with Crippen LogP contribution in [0.5, 0.6) is 0 Å². The van der Waals surface area contributed by atoms with Gasteiger partial charge in [-0.05, 0) is 55.2 Å². The van der Waals surface area contributed by atoms with Gasteiger partial charge in [-0.3, -0.25) is 9.20 Å². The molecular weight excluding hydrogens is 446 g/mol. The average molecular weight is 476 g/mol. The number of hydrogen-bond acceptors (Lipinski definition) is 6. The maximum Gasteiger partial charge on any atom is 0.251 e. The Morgan fingerprint density at radius 2 is 1.94 bits per heavy atom. The number of nitrogens with zero attached hydrogens (tertiary/aromatic N) is 4. The van der Waals surface area contributed by atoms with Crippen molar-refractivity contribution in [1.82, 2.24) is 24.2 Å². The van der Waals surface area contributed by atoms with Crippen LogP contribution in [-0.4, -0.2) is 58.3 Å². The van der Waals surface area contributed by atoms with Gasteiger partial charge in [0.05, 0.1) is 10.9 Å². The summed E-state index contributed by atoms with van der Waals surface area (Å²) < 4.78 is 29.4. The van der Waals surface area contributed by atoms with Crippen molar-refractivity contribution in [1.29, 1.82) is 0 Å². The van der Waals surface area contributed by atoms with Gasteiger partial charge in [0.25, 0.3) is 5.91 Å². The van der Waals surface area contributed by atoms with E-state index in [1.807, 2.05) is 35.1 Å². The summed E-state index contributed by atoms with van der Waals surface area (Å²) in [7, 11) is -3.68. The molecule has 0 saturated carbocycles. The zero-order valence-corrected chi connectivity index (χ0v) is 20.4. The molecule has 0 saturated heterocycles. The van der Waals surface area contributed by atoms with Crippen LogP contribution in [0.1, 0.15) is 48.1 Å². The molecule has 0 aliphatic heterocycles. The third kappa shape index (κ3) is 4.97. The highest BCUT2D eigenvalue weighted by molar-refractivity contribution is 7.98. The van der Waals surface area contributed by atoms with E-state index in [1.165, 1.54) is 10.4 Å². The van der Waals surface area contributed by atoms with Gasteiger partial charge in [-0.1, -0.05) is 26.0 Å². The Kier molecular flexibility index (Phi) is 7.91. The van der Waals surface area contributed by atoms with E-state index in [-0.39, 0.29) is 16.8 Å². The maximum absolute atomic E-state index is 13.2. The van der Waals surface area contributed by atoms with E-state index < -0.39 is 10.0 Å². The first-order chi connectivity index (χ1) is 15.3. The first kappa shape index (κ1) is 24.2. The second-order valence-corrected chi connectivity index (χ2v) is 10.3. The van der Waals surface area contributed by atoms with Crippen molar-refractivity contribution >= 4 is 33.3 Å². The number of rotatable bonds is 10. The molecule has 1 N–H and O–H groups in total. The summed E-state index contributed by atoms with van der Waals surface area (Å²) in [6.07, 6.45) is 4.54. The van der Waals surface area contributed by atoms with Crippen molar-refractivity contribution in [2.45, 2.75) is 38.1 Å². The van der Waals surface area contributed by atoms with E-state index in [0.29, 0.717) is 42.1 Å². The second-order valence-electron chi connectivity index (χ2n) is 7.36. The molecule has 0 aliphatic rings. The van der Waals surface area contributed by atoms with Crippen molar-refractivity contribution in [3.8, 4) is 0 Å². The fourth-order valence-corrected chi connectivity index (χ4v) is 5.74. The lowest BCUT2D eigenvalue weighted by atomic mass is 10.1. The van der Waals surface area contributed by atoms with Gasteiger partial charge in [-0.15, -0.1) is 10.2 Å². The first-order valence-corrected chi connectivity index (χ1v) is 13.4. The second kappa shape index (κ2) is 10.5. The SMILES string of the molecule is CCN(CC)S(=O)(=O)c1cc(C(=O)NC(CCSC)c2nnc3ccccn23)ccc1C. The highest BCUT2D eigenvalue weighted by Crippen LogP contribution is 2.23. The van der Waals surface area contributed by atoms with Crippen molar-refractivity contribution in [2.75, 3.05) is 25.1 Å². The molecule has 3 aromatic rings. The van der Waals surface area contributed by atoms with Crippen LogP contribution in [0, 0.1) is 6.92 Å². The van der Waals surface area contributed by atoms with Crippen LogP contribution in [-0.2, 0) is 10.0 Å². The van der Waals surface area contributed by atoms with Gasteiger partial charge in [-0.2, -0.15) is 16.1 Å². The monoisotopic (exact) mass is 475 g/mol. The van der Waals surface area contributed by atoms with Crippen molar-refractivity contribution in [2.24, 2.45) is 0 Å². The molecule has 3 rings (SSSR count). The Bertz CT molecular complexity index is 1190. The molecule has 1 aromatic carbocycles. The largest absolute Gasteiger partial charge is 0.342 e. The molecule has 1 atom stereocenters. The standard InChI is InChI=1S/C22H29N5O3S2/c1-5-26(6-2)32(29,30)19-15-17(11-10-16(19)3)22(28)23-18(12-14-31-4)21-25-24-20-9-7-8-13-27(20)21/h7-11,13,15,18H,5-6,12,14H2,1-4H3,(H,23,28). The number of hydrogen-bond donors (Lipinski definition) is 1. The van der Waals surface area contributed by atoms with Crippen LogP contribution < -0.4 is 5.32 Å². The van der Waals surface area contributed by atoms with Gasteiger partial charge in [0.1, 0.15) is 0 Å². The van der Waals surface area contributed by atoms with Gasteiger partial charge >= 0.3 is 0 Å². The number of fused-ring (bicyclic) bond motifs is 1. The van der Waals surface area contributed by atoms with Gasteiger partial charge < -0.3 is 5.32 Å². The molecule has 10 heteroatoms. The number of carbonyl (C=O) groups is 1. The summed E-state index contributed by atoms with van der Waals surface area (Å²) in [5, 5.41) is 11.5. The number of nitrogens with one attached hydrogen (secondary N) is 1. The molecule has 1 amide bonds. The quantitative estimate of drug-likeness (QED) is 0.483. The molecule has 32 heavy (non-hydrogen) atoms. The van der Waals surface area contributed by atoms with Gasteiger partial charge in [0.2, 0.25) is 10.0 Å². The Hall–Kier alpha value is -2.43. The van der Waals surface area contributed by atoms with E-state index in [0.717, 1.165) is 5.75 Å². The molecule has 8 nitrogen and oxygen atoms in total. The van der Waals surface area contributed by atoms with E-state index in [9.17, 15) is 13.2 Å². The normalized spacial score (nSPS) is 12.9. The molecule has 2 aromatic heterocycles. The van der Waals surface area contributed by atoms with Crippen LogP contribution in [0.3, 0.4) is 0 Å². The third-order valence-electron chi connectivity index (χ3n) is 5.34. The Morgan fingerprint density at radius 3 is 2.62 bits per heavy atom. The van der Waals surface area contributed by atoms with Crippen LogP contribution in [0.2, 0.25) is 0 Å². The zero-order valence-electron chi connectivity index (χ0n) is 18.8. The van der Waals surface area contributed by atoms with Gasteiger partial charge in [0, 0.05) is 24.8 Å². The van der Waals surface area contributed by atoms with Crippen molar-refractivity contribution < 1.29 is 13.2 Å². The lowest BCUT2D eigenvalue weighted by Gasteiger charge is -2.21. The molecule has 1 unspecified atom stereocenters. The topological polar surface area (TPSA) is 96.7 Å². The fraction of sp³-hybridized carbons (Fsp3) is 0.409. The fourth-order valence-electron chi connectivity index (χ4n) is 3.56. The predicted molar refractivity (Wildman–Crippen MR) is 127 cm³/mol. The van der Waals surface area contributed by atoms with Gasteiger partial charge in [0.15, 0.2) is 11.5 Å². The lowest BCUT2D eigenvalue weighted by molar-refractivity contribution is 0.0933. The number of pyridine rings is 1. The zero-order chi connectivity index (χ0) is 23.3. The molecule has 172 valence electrons. The number of thioether (sulfide) groups is 1. The summed E-state index contributed by atoms with van der Waals surface area (Å²) in [5.41, 5.74) is 1.61. The number of amides is 1. The van der Waals surface area contributed by atoms with Crippen LogP contribution in [0.15, 0.2) is 47.5 Å². The minimum Gasteiger partial charge on any atom is -0.342 e. The molecule has 0 aliphatic carbocycles. The van der Waals surface area contributed by atoms with Crippen molar-refractivity contribution in [3.63, 3.8) is 0 Å². The summed E-state index contributed by atoms with van der Waals surface area (Å²) in [6.45, 7) is 6.07. The Morgan fingerprint density at radius 1 is 1.19 bits per heavy atom. The predicted octanol–water partition coefficient (Wildman–Crippen LogP) is 3.29. The Labute approximate surface area is 193 Å². The molecule has 0 radical (unpaired) electrons. The Balaban J connectivity index is 1.93. The molecule has 2 heterocycles. The summed E-state index contributed by atoms with van der Waals surface area (Å²) in [4.78, 5) is 13.3. The number of benzene rings is 1. The highest BCUT2D eigenvalue weighted by atomic mass is 32.2. The van der Waals surface area contributed by atoms with E-state index in [2.05, 4.69) is 15.5 Å². The highest BCUT2D eigenvalue weighted by Gasteiger charge is 2.26. The maximum atomic E-state index is 13.2. The molecule has 0 spiro atoms. The number of carbonyl (C=O) groups excluding carboxylic acids is 1. The van der Waals surface area contributed by atoms with Crippen LogP contribution in [0.4, 0.5) is 0 Å². The number of sulfonamides is 1. The van der Waals surface area contributed by atoms with Crippen molar-refractivity contribution in [3.05, 3.63) is 59.5 Å². The minimum absolute atomic E-state index is 0.155. The van der Waals surface area contributed by atoms with E-state index >= 15 is 0 Å². The summed E-state index contributed by atoms with van der Waals surface area (Å²) in [6, 6.07) is 10.1. The smallest absolute Gasteiger partial charge is 0.251 e. The lowest BCUT2D eigenvalue weighted by Crippen LogP contribution is -2.32. The van der Waals surface area contributed by atoms with Gasteiger partial charge in [-0.25, -0.2) is 8.42 Å². The average Bonchev–Trinajstić information content (AvgIpc) is 3.21. The van der Waals surface area contributed by atoms with E-state index in [1.54, 1.807) is 44.7 Å². The van der Waals surface area contributed by atoms with Crippen LogP contribution >= 0.6 is 11.8 Å². The minimum atomic E-state index is -3.68. The number of aryl methyl sites for hydroxylation is 1. The summed E-state index contributed by atoms with van der Waals surface area (Å²) >= 11 is 1.68. The molecule has 0 fully saturated rings. The molecule has 0 bridgehead atoms. The van der Waals surface area contributed by atoms with E-state index in [4.69, 9.17) is 0 Å². The summed E-state index contributed by atoms with van der Waals surface area (Å²) in [5.74, 6) is 1.12. The molecular formula is C22H29N5O3S2. The number of aromatic nitrogens is 3. The van der Waals surface area contributed by atoms with Crippen LogP contribution in [0.25, 0.3) is 5.65 Å². The third-order valence-corrected chi connectivity index (χ3v) is 8.18.